The SMILES string of the molecule is Cc1cc(Nc2cc(C(=O)N3CCN(c4cccc(C)c4C)CC3)ncn2)no1. The van der Waals surface area contributed by atoms with Crippen LogP contribution in [0.3, 0.4) is 0 Å². The molecule has 0 atom stereocenters. The Bertz CT molecular complexity index is 1020. The molecule has 1 aromatic carbocycles. The molecule has 1 N–H and O–H groups in total. The van der Waals surface area contributed by atoms with Gasteiger partial charge in [0, 0.05) is 44.0 Å². The summed E-state index contributed by atoms with van der Waals surface area (Å²) >= 11 is 0. The first-order chi connectivity index (χ1) is 14.0. The molecule has 8 nitrogen and oxygen atoms in total. The van der Waals surface area contributed by atoms with Gasteiger partial charge in [0.05, 0.1) is 0 Å². The molecule has 1 amide bonds. The number of benzene rings is 1. The fraction of sp³-hybridized carbons (Fsp3) is 0.333. The van der Waals surface area contributed by atoms with Crippen molar-refractivity contribution in [3.8, 4) is 0 Å². The Balaban J connectivity index is 1.42. The van der Waals surface area contributed by atoms with Crippen LogP contribution in [0.1, 0.15) is 27.4 Å². The summed E-state index contributed by atoms with van der Waals surface area (Å²) in [5, 5.41) is 6.91. The highest BCUT2D eigenvalue weighted by atomic mass is 16.5. The highest BCUT2D eigenvalue weighted by molar-refractivity contribution is 5.93. The van der Waals surface area contributed by atoms with Crippen molar-refractivity contribution in [2.24, 2.45) is 0 Å². The van der Waals surface area contributed by atoms with Gasteiger partial charge >= 0.3 is 0 Å². The lowest BCUT2D eigenvalue weighted by atomic mass is 10.1. The molecule has 8 heteroatoms. The standard InChI is InChI=1S/C21H24N6O2/c1-14-5-4-6-18(16(14)3)26-7-9-27(10-8-26)21(28)17-12-19(23-13-22-17)24-20-11-15(2)29-25-20/h4-6,11-13H,7-10H2,1-3H3,(H,22,23,24,25). The van der Waals surface area contributed by atoms with Crippen LogP contribution < -0.4 is 10.2 Å². The van der Waals surface area contributed by atoms with Gasteiger partial charge in [0.1, 0.15) is 23.6 Å². The zero-order chi connectivity index (χ0) is 20.4. The van der Waals surface area contributed by atoms with Crippen LogP contribution in [-0.2, 0) is 0 Å². The molecule has 1 fully saturated rings. The maximum Gasteiger partial charge on any atom is 0.272 e. The van der Waals surface area contributed by atoms with E-state index >= 15 is 0 Å². The normalized spacial score (nSPS) is 14.2. The third-order valence-corrected chi connectivity index (χ3v) is 5.25. The Hall–Kier alpha value is -3.42. The topological polar surface area (TPSA) is 87.4 Å². The minimum Gasteiger partial charge on any atom is -0.368 e. The molecule has 3 aromatic rings. The second-order valence-electron chi connectivity index (χ2n) is 7.23. The molecular formula is C21H24N6O2. The summed E-state index contributed by atoms with van der Waals surface area (Å²) in [6.07, 6.45) is 1.38. The molecule has 29 heavy (non-hydrogen) atoms. The van der Waals surface area contributed by atoms with Gasteiger partial charge in [0.2, 0.25) is 0 Å². The van der Waals surface area contributed by atoms with Crippen molar-refractivity contribution in [3.05, 3.63) is 59.2 Å². The predicted molar refractivity (Wildman–Crippen MR) is 111 cm³/mol. The lowest BCUT2D eigenvalue weighted by Crippen LogP contribution is -2.49. The molecule has 0 radical (unpaired) electrons. The van der Waals surface area contributed by atoms with Crippen molar-refractivity contribution in [3.63, 3.8) is 0 Å². The monoisotopic (exact) mass is 392 g/mol. The van der Waals surface area contributed by atoms with E-state index < -0.39 is 0 Å². The van der Waals surface area contributed by atoms with Gasteiger partial charge in [-0.05, 0) is 38.0 Å². The molecule has 2 aromatic heterocycles. The Labute approximate surface area is 169 Å². The van der Waals surface area contributed by atoms with E-state index in [-0.39, 0.29) is 5.91 Å². The van der Waals surface area contributed by atoms with E-state index in [1.165, 1.54) is 23.1 Å². The Kier molecular flexibility index (Phi) is 5.16. The van der Waals surface area contributed by atoms with Crippen LogP contribution in [0.15, 0.2) is 41.2 Å². The van der Waals surface area contributed by atoms with Crippen LogP contribution in [0.2, 0.25) is 0 Å². The summed E-state index contributed by atoms with van der Waals surface area (Å²) in [5.41, 5.74) is 4.18. The lowest BCUT2D eigenvalue weighted by Gasteiger charge is -2.37. The Morgan fingerprint density at radius 2 is 1.83 bits per heavy atom. The molecular weight excluding hydrogens is 368 g/mol. The van der Waals surface area contributed by atoms with E-state index in [2.05, 4.69) is 57.4 Å². The number of piperazine rings is 1. The number of aryl methyl sites for hydroxylation is 2. The number of hydrogen-bond acceptors (Lipinski definition) is 7. The number of hydrogen-bond donors (Lipinski definition) is 1. The minimum absolute atomic E-state index is 0.0904. The average Bonchev–Trinajstić information content (AvgIpc) is 3.14. The van der Waals surface area contributed by atoms with Crippen molar-refractivity contribution in [2.45, 2.75) is 20.8 Å². The van der Waals surface area contributed by atoms with E-state index in [9.17, 15) is 4.79 Å². The Morgan fingerprint density at radius 3 is 2.55 bits per heavy atom. The first-order valence-corrected chi connectivity index (χ1v) is 9.64. The number of carbonyl (C=O) groups excluding carboxylic acids is 1. The van der Waals surface area contributed by atoms with Crippen molar-refractivity contribution in [1.82, 2.24) is 20.0 Å². The van der Waals surface area contributed by atoms with E-state index in [1.54, 1.807) is 12.1 Å². The molecule has 0 aliphatic carbocycles. The van der Waals surface area contributed by atoms with Gasteiger partial charge in [0.25, 0.3) is 5.91 Å². The fourth-order valence-electron chi connectivity index (χ4n) is 3.49. The number of anilines is 3. The van der Waals surface area contributed by atoms with Gasteiger partial charge in [-0.15, -0.1) is 0 Å². The second-order valence-corrected chi connectivity index (χ2v) is 7.23. The minimum atomic E-state index is -0.0904. The van der Waals surface area contributed by atoms with E-state index in [0.717, 1.165) is 13.1 Å². The zero-order valence-corrected chi connectivity index (χ0v) is 16.8. The molecule has 1 aliphatic rings. The molecule has 1 saturated heterocycles. The van der Waals surface area contributed by atoms with Gasteiger partial charge in [-0.25, -0.2) is 9.97 Å². The highest BCUT2D eigenvalue weighted by Crippen LogP contribution is 2.24. The first-order valence-electron chi connectivity index (χ1n) is 9.64. The predicted octanol–water partition coefficient (Wildman–Crippen LogP) is 3.10. The molecule has 150 valence electrons. The van der Waals surface area contributed by atoms with Crippen molar-refractivity contribution in [1.29, 1.82) is 0 Å². The van der Waals surface area contributed by atoms with Crippen LogP contribution >= 0.6 is 0 Å². The number of rotatable bonds is 4. The molecule has 0 spiro atoms. The zero-order valence-electron chi connectivity index (χ0n) is 16.8. The molecule has 1 aliphatic heterocycles. The first kappa shape index (κ1) is 18.9. The van der Waals surface area contributed by atoms with Crippen LogP contribution in [0.25, 0.3) is 0 Å². The van der Waals surface area contributed by atoms with Gasteiger partial charge in [-0.2, -0.15) is 0 Å². The molecule has 4 rings (SSSR count). The number of amides is 1. The van der Waals surface area contributed by atoms with Crippen LogP contribution in [0.4, 0.5) is 17.3 Å². The maximum absolute atomic E-state index is 12.9. The van der Waals surface area contributed by atoms with Gasteiger partial charge in [0.15, 0.2) is 5.82 Å². The smallest absolute Gasteiger partial charge is 0.272 e. The van der Waals surface area contributed by atoms with Crippen LogP contribution in [0.5, 0.6) is 0 Å². The van der Waals surface area contributed by atoms with E-state index in [1.807, 2.05) is 11.8 Å². The average molecular weight is 392 g/mol. The Morgan fingerprint density at radius 1 is 1.03 bits per heavy atom. The van der Waals surface area contributed by atoms with Crippen molar-refractivity contribution < 1.29 is 9.32 Å². The quantitative estimate of drug-likeness (QED) is 0.730. The van der Waals surface area contributed by atoms with Gasteiger partial charge in [-0.1, -0.05) is 17.3 Å². The summed E-state index contributed by atoms with van der Waals surface area (Å²) in [7, 11) is 0. The summed E-state index contributed by atoms with van der Waals surface area (Å²) < 4.78 is 5.04. The molecule has 0 unspecified atom stereocenters. The third kappa shape index (κ3) is 4.06. The summed E-state index contributed by atoms with van der Waals surface area (Å²) in [4.78, 5) is 25.4. The summed E-state index contributed by atoms with van der Waals surface area (Å²) in [5.74, 6) is 1.65. The molecule has 3 heterocycles. The summed E-state index contributed by atoms with van der Waals surface area (Å²) in [6, 6.07) is 9.76. The lowest BCUT2D eigenvalue weighted by molar-refractivity contribution is 0.0740. The maximum atomic E-state index is 12.9. The van der Waals surface area contributed by atoms with Crippen molar-refractivity contribution in [2.75, 3.05) is 36.4 Å². The number of carbonyl (C=O) groups is 1. The summed E-state index contributed by atoms with van der Waals surface area (Å²) in [6.45, 7) is 8.98. The van der Waals surface area contributed by atoms with Gasteiger partial charge in [-0.3, -0.25) is 4.79 Å². The van der Waals surface area contributed by atoms with E-state index in [0.29, 0.717) is 36.2 Å². The third-order valence-electron chi connectivity index (χ3n) is 5.25. The van der Waals surface area contributed by atoms with Crippen LogP contribution in [0, 0.1) is 20.8 Å². The van der Waals surface area contributed by atoms with Crippen LogP contribution in [-0.4, -0.2) is 52.1 Å². The largest absolute Gasteiger partial charge is 0.368 e. The number of nitrogens with zero attached hydrogens (tertiary/aromatic N) is 5. The van der Waals surface area contributed by atoms with Crippen molar-refractivity contribution >= 4 is 23.2 Å². The van der Waals surface area contributed by atoms with Gasteiger partial charge < -0.3 is 19.6 Å². The molecule has 0 bridgehead atoms. The number of nitrogens with one attached hydrogen (secondary N) is 1. The highest BCUT2D eigenvalue weighted by Gasteiger charge is 2.24. The fourth-order valence-corrected chi connectivity index (χ4v) is 3.49. The second kappa shape index (κ2) is 7.90. The molecule has 0 saturated carbocycles. The number of aromatic nitrogens is 3. The van der Waals surface area contributed by atoms with E-state index in [4.69, 9.17) is 4.52 Å².